The molecule has 6 heteroatoms. The van der Waals surface area contributed by atoms with Gasteiger partial charge in [-0.05, 0) is 18.8 Å². The Morgan fingerprint density at radius 3 is 2.74 bits per heavy atom. The largest absolute Gasteiger partial charge is 0.481 e. The number of aliphatic carboxylic acids is 1. The number of amides is 1. The van der Waals surface area contributed by atoms with Crippen LogP contribution in [0.5, 0.6) is 0 Å². The molecule has 0 saturated heterocycles. The summed E-state index contributed by atoms with van der Waals surface area (Å²) < 4.78 is 1.72. The van der Waals surface area contributed by atoms with E-state index in [0.717, 1.165) is 12.8 Å². The SMILES string of the molecule is CCC(CCNC(=O)c1cn(C)cn1)CCC(=O)O. The number of carbonyl (C=O) groups is 2. The molecule has 1 unspecified atom stereocenters. The van der Waals surface area contributed by atoms with Gasteiger partial charge >= 0.3 is 5.97 Å². The molecule has 6 nitrogen and oxygen atoms in total. The van der Waals surface area contributed by atoms with E-state index in [2.05, 4.69) is 10.3 Å². The molecule has 0 spiro atoms. The van der Waals surface area contributed by atoms with E-state index in [-0.39, 0.29) is 12.3 Å². The van der Waals surface area contributed by atoms with Crippen LogP contribution in [0.4, 0.5) is 0 Å². The number of nitrogens with one attached hydrogen (secondary N) is 1. The van der Waals surface area contributed by atoms with Crippen LogP contribution in [0, 0.1) is 5.92 Å². The van der Waals surface area contributed by atoms with Crippen molar-refractivity contribution in [1.29, 1.82) is 0 Å². The van der Waals surface area contributed by atoms with Crippen molar-refractivity contribution in [2.75, 3.05) is 6.54 Å². The molecule has 1 atom stereocenters. The molecule has 0 aromatic carbocycles. The van der Waals surface area contributed by atoms with Crippen molar-refractivity contribution in [2.24, 2.45) is 13.0 Å². The van der Waals surface area contributed by atoms with Crippen molar-refractivity contribution in [3.8, 4) is 0 Å². The van der Waals surface area contributed by atoms with E-state index in [1.54, 1.807) is 17.1 Å². The molecule has 106 valence electrons. The lowest BCUT2D eigenvalue weighted by Crippen LogP contribution is -2.26. The second kappa shape index (κ2) is 7.56. The van der Waals surface area contributed by atoms with Gasteiger partial charge in [0.05, 0.1) is 6.33 Å². The monoisotopic (exact) mass is 267 g/mol. The van der Waals surface area contributed by atoms with Gasteiger partial charge in [-0.25, -0.2) is 4.98 Å². The number of hydrogen-bond acceptors (Lipinski definition) is 3. The molecule has 1 amide bonds. The van der Waals surface area contributed by atoms with Gasteiger partial charge in [0.2, 0.25) is 0 Å². The van der Waals surface area contributed by atoms with Crippen LogP contribution in [0.15, 0.2) is 12.5 Å². The van der Waals surface area contributed by atoms with E-state index in [1.807, 2.05) is 14.0 Å². The van der Waals surface area contributed by atoms with Crippen molar-refractivity contribution in [3.63, 3.8) is 0 Å². The van der Waals surface area contributed by atoms with E-state index in [9.17, 15) is 9.59 Å². The predicted molar refractivity (Wildman–Crippen MR) is 70.8 cm³/mol. The minimum atomic E-state index is -0.768. The zero-order valence-electron chi connectivity index (χ0n) is 11.4. The Morgan fingerprint density at radius 1 is 1.47 bits per heavy atom. The number of imidazole rings is 1. The Labute approximate surface area is 112 Å². The van der Waals surface area contributed by atoms with Crippen LogP contribution < -0.4 is 5.32 Å². The summed E-state index contributed by atoms with van der Waals surface area (Å²) in [5.41, 5.74) is 0.404. The van der Waals surface area contributed by atoms with Gasteiger partial charge in [-0.3, -0.25) is 9.59 Å². The Bertz CT molecular complexity index is 429. The number of carboxylic acid groups (broad SMARTS) is 1. The third-order valence-corrected chi connectivity index (χ3v) is 3.12. The smallest absolute Gasteiger partial charge is 0.303 e. The zero-order chi connectivity index (χ0) is 14.3. The van der Waals surface area contributed by atoms with Gasteiger partial charge in [0.15, 0.2) is 0 Å². The standard InChI is InChI=1S/C13H21N3O3/c1-3-10(4-5-12(17)18)6-7-14-13(19)11-8-16(2)9-15-11/h8-10H,3-7H2,1-2H3,(H,14,19)(H,17,18). The first-order chi connectivity index (χ1) is 9.02. The summed E-state index contributed by atoms with van der Waals surface area (Å²) in [5, 5.41) is 11.4. The summed E-state index contributed by atoms with van der Waals surface area (Å²) >= 11 is 0. The highest BCUT2D eigenvalue weighted by Gasteiger charge is 2.11. The van der Waals surface area contributed by atoms with E-state index in [0.29, 0.717) is 24.6 Å². The predicted octanol–water partition coefficient (Wildman–Crippen LogP) is 1.43. The lowest BCUT2D eigenvalue weighted by molar-refractivity contribution is -0.137. The Balaban J connectivity index is 2.28. The molecule has 1 aromatic rings. The molecule has 0 aliphatic heterocycles. The van der Waals surface area contributed by atoms with Crippen LogP contribution in [-0.2, 0) is 11.8 Å². The minimum Gasteiger partial charge on any atom is -0.481 e. The molecule has 0 aliphatic carbocycles. The number of carboxylic acids is 1. The number of hydrogen-bond donors (Lipinski definition) is 2. The minimum absolute atomic E-state index is 0.186. The molecule has 19 heavy (non-hydrogen) atoms. The van der Waals surface area contributed by atoms with Gasteiger partial charge in [0.25, 0.3) is 5.91 Å². The van der Waals surface area contributed by atoms with Gasteiger partial charge in [-0.1, -0.05) is 13.3 Å². The van der Waals surface area contributed by atoms with Crippen LogP contribution in [0.2, 0.25) is 0 Å². The van der Waals surface area contributed by atoms with E-state index in [4.69, 9.17) is 5.11 Å². The van der Waals surface area contributed by atoms with Crippen molar-refractivity contribution in [2.45, 2.75) is 32.6 Å². The molecule has 1 aromatic heterocycles. The molecule has 2 N–H and O–H groups in total. The number of aryl methyl sites for hydroxylation is 1. The lowest BCUT2D eigenvalue weighted by Gasteiger charge is -2.13. The molecule has 1 heterocycles. The molecule has 1 rings (SSSR count). The first-order valence-electron chi connectivity index (χ1n) is 6.50. The number of carbonyl (C=O) groups excluding carboxylic acids is 1. The summed E-state index contributed by atoms with van der Waals surface area (Å²) in [6.07, 6.45) is 5.81. The molecule has 0 saturated carbocycles. The highest BCUT2D eigenvalue weighted by molar-refractivity contribution is 5.91. The van der Waals surface area contributed by atoms with Gasteiger partial charge in [-0.2, -0.15) is 0 Å². The average molecular weight is 267 g/mol. The maximum absolute atomic E-state index is 11.7. The molecule has 0 radical (unpaired) electrons. The van der Waals surface area contributed by atoms with E-state index < -0.39 is 5.97 Å². The van der Waals surface area contributed by atoms with Crippen LogP contribution in [0.1, 0.15) is 43.1 Å². The highest BCUT2D eigenvalue weighted by atomic mass is 16.4. The summed E-state index contributed by atoms with van der Waals surface area (Å²) in [6.45, 7) is 2.58. The second-order valence-electron chi connectivity index (χ2n) is 4.68. The summed E-state index contributed by atoms with van der Waals surface area (Å²) in [6, 6.07) is 0. The quantitative estimate of drug-likeness (QED) is 0.746. The molecular formula is C13H21N3O3. The van der Waals surface area contributed by atoms with Crippen molar-refractivity contribution < 1.29 is 14.7 Å². The molecular weight excluding hydrogens is 246 g/mol. The Kier molecular flexibility index (Phi) is 6.05. The fraction of sp³-hybridized carbons (Fsp3) is 0.615. The van der Waals surface area contributed by atoms with Crippen LogP contribution in [0.25, 0.3) is 0 Å². The summed E-state index contributed by atoms with van der Waals surface area (Å²) in [4.78, 5) is 26.2. The first-order valence-corrected chi connectivity index (χ1v) is 6.50. The maximum Gasteiger partial charge on any atom is 0.303 e. The fourth-order valence-electron chi connectivity index (χ4n) is 1.89. The zero-order valence-corrected chi connectivity index (χ0v) is 11.4. The summed E-state index contributed by atoms with van der Waals surface area (Å²) in [7, 11) is 1.81. The van der Waals surface area contributed by atoms with Gasteiger partial charge in [0, 0.05) is 26.2 Å². The van der Waals surface area contributed by atoms with Crippen molar-refractivity contribution >= 4 is 11.9 Å². The van der Waals surface area contributed by atoms with E-state index in [1.165, 1.54) is 0 Å². The number of nitrogens with zero attached hydrogens (tertiary/aromatic N) is 2. The summed E-state index contributed by atoms with van der Waals surface area (Å²) in [5.74, 6) is -0.621. The second-order valence-corrected chi connectivity index (χ2v) is 4.68. The van der Waals surface area contributed by atoms with Crippen molar-refractivity contribution in [1.82, 2.24) is 14.9 Å². The first kappa shape index (κ1) is 15.2. The van der Waals surface area contributed by atoms with Crippen LogP contribution >= 0.6 is 0 Å². The van der Waals surface area contributed by atoms with Gasteiger partial charge in [0.1, 0.15) is 5.69 Å². The maximum atomic E-state index is 11.7. The lowest BCUT2D eigenvalue weighted by atomic mass is 9.97. The Hall–Kier alpha value is -1.85. The van der Waals surface area contributed by atoms with Crippen molar-refractivity contribution in [3.05, 3.63) is 18.2 Å². The highest BCUT2D eigenvalue weighted by Crippen LogP contribution is 2.14. The molecule has 0 fully saturated rings. The van der Waals surface area contributed by atoms with E-state index >= 15 is 0 Å². The van der Waals surface area contributed by atoms with Gasteiger partial charge in [-0.15, -0.1) is 0 Å². The fourth-order valence-corrected chi connectivity index (χ4v) is 1.89. The third-order valence-electron chi connectivity index (χ3n) is 3.12. The third kappa shape index (κ3) is 5.54. The van der Waals surface area contributed by atoms with Crippen LogP contribution in [-0.4, -0.2) is 33.1 Å². The molecule has 0 bridgehead atoms. The normalized spacial score (nSPS) is 12.1. The topological polar surface area (TPSA) is 84.2 Å². The van der Waals surface area contributed by atoms with Gasteiger partial charge < -0.3 is 15.0 Å². The van der Waals surface area contributed by atoms with Crippen LogP contribution in [0.3, 0.4) is 0 Å². The number of rotatable bonds is 8. The molecule has 0 aliphatic rings. The average Bonchev–Trinajstić information content (AvgIpc) is 2.79. The Morgan fingerprint density at radius 2 is 2.21 bits per heavy atom. The number of aromatic nitrogens is 2.